The summed E-state index contributed by atoms with van der Waals surface area (Å²) in [5.74, 6) is -0.265. The number of sulfonamides is 1. The van der Waals surface area contributed by atoms with Crippen LogP contribution in [0, 0.1) is 20.8 Å². The van der Waals surface area contributed by atoms with E-state index in [4.69, 9.17) is 15.6 Å². The molecule has 0 saturated carbocycles. The molecule has 2 rings (SSSR count). The molecule has 0 amide bonds. The van der Waals surface area contributed by atoms with Gasteiger partial charge in [-0.2, -0.15) is 0 Å². The molecule has 0 aromatic heterocycles. The van der Waals surface area contributed by atoms with Gasteiger partial charge in [-0.3, -0.25) is 15.2 Å². The lowest BCUT2D eigenvalue weighted by Crippen LogP contribution is -2.38. The van der Waals surface area contributed by atoms with E-state index in [-0.39, 0.29) is 10.5 Å². The molecule has 9 nitrogen and oxygen atoms in total. The normalized spacial score (nSPS) is 16.7. The molecule has 0 spiro atoms. The minimum atomic E-state index is -3.83. The van der Waals surface area contributed by atoms with Gasteiger partial charge < -0.3 is 15.6 Å². The Morgan fingerprint density at radius 2 is 1.97 bits per heavy atom. The third-order valence-corrected chi connectivity index (χ3v) is 6.94. The first-order chi connectivity index (χ1) is 13.9. The molecule has 1 aromatic carbocycles. The zero-order valence-corrected chi connectivity index (χ0v) is 19.0. The predicted molar refractivity (Wildman–Crippen MR) is 115 cm³/mol. The smallest absolute Gasteiger partial charge is 0.320 e. The summed E-state index contributed by atoms with van der Waals surface area (Å²) in [6.07, 6.45) is 3.59. The molecule has 30 heavy (non-hydrogen) atoms. The molecule has 1 atom stereocenters. The molecule has 1 aliphatic rings. The van der Waals surface area contributed by atoms with Gasteiger partial charge in [0.05, 0.1) is 11.2 Å². The quantitative estimate of drug-likeness (QED) is 0.198. The maximum Gasteiger partial charge on any atom is 0.320 e. The zero-order valence-electron chi connectivity index (χ0n) is 18.2. The number of hydrazine groups is 1. The number of benzene rings is 1. The van der Waals surface area contributed by atoms with Gasteiger partial charge >= 0.3 is 5.97 Å². The summed E-state index contributed by atoms with van der Waals surface area (Å²) in [4.78, 5) is 17.3. The number of carbonyl (C=O) groups is 1. The second-order valence-corrected chi connectivity index (χ2v) is 9.86. The number of aliphatic imine (C=N–C) groups is 1. The first kappa shape index (κ1) is 24.1. The molecule has 1 heterocycles. The highest BCUT2D eigenvalue weighted by Gasteiger charge is 2.33. The van der Waals surface area contributed by atoms with Gasteiger partial charge in [-0.05, 0) is 82.6 Å². The summed E-state index contributed by atoms with van der Waals surface area (Å²) in [6, 6.07) is -0.917. The summed E-state index contributed by atoms with van der Waals surface area (Å²) in [5.41, 5.74) is 10.7. The number of aliphatic carboxylic acids is 1. The molecular formula is C20H32N4O5S. The molecule has 5 N–H and O–H groups in total. The SMILES string of the molecule is Cc1c(C)c(S(=O)(=O)NNC=NCCC[C@H](N)C(=O)O)c(C)c2c1OC(C)(C)CC2. The first-order valence-electron chi connectivity index (χ1n) is 9.93. The summed E-state index contributed by atoms with van der Waals surface area (Å²) in [7, 11) is -3.83. The van der Waals surface area contributed by atoms with E-state index in [0.717, 1.165) is 29.7 Å². The summed E-state index contributed by atoms with van der Waals surface area (Å²) in [5, 5.41) is 8.72. The van der Waals surface area contributed by atoms with E-state index in [1.807, 2.05) is 20.8 Å². The molecule has 0 radical (unpaired) electrons. The average Bonchev–Trinajstić information content (AvgIpc) is 2.64. The Kier molecular flexibility index (Phi) is 7.49. The van der Waals surface area contributed by atoms with Crippen LogP contribution in [0.3, 0.4) is 0 Å². The van der Waals surface area contributed by atoms with Gasteiger partial charge in [0.2, 0.25) is 0 Å². The van der Waals surface area contributed by atoms with Crippen molar-refractivity contribution in [3.8, 4) is 5.75 Å². The Morgan fingerprint density at radius 3 is 2.60 bits per heavy atom. The van der Waals surface area contributed by atoms with Crippen LogP contribution < -0.4 is 20.7 Å². The van der Waals surface area contributed by atoms with Crippen LogP contribution in [0.15, 0.2) is 9.89 Å². The number of rotatable bonds is 9. The lowest BCUT2D eigenvalue weighted by Gasteiger charge is -2.35. The van der Waals surface area contributed by atoms with Crippen LogP contribution in [-0.4, -0.2) is 44.0 Å². The summed E-state index contributed by atoms with van der Waals surface area (Å²) in [6.45, 7) is 9.86. The fraction of sp³-hybridized carbons (Fsp3) is 0.600. The van der Waals surface area contributed by atoms with Gasteiger partial charge in [0.15, 0.2) is 0 Å². The fourth-order valence-corrected chi connectivity index (χ4v) is 4.93. The minimum absolute atomic E-state index is 0.246. The predicted octanol–water partition coefficient (Wildman–Crippen LogP) is 1.72. The van der Waals surface area contributed by atoms with Crippen molar-refractivity contribution < 1.29 is 23.1 Å². The van der Waals surface area contributed by atoms with Crippen LogP contribution in [-0.2, 0) is 21.2 Å². The number of nitrogens with zero attached hydrogens (tertiary/aromatic N) is 1. The van der Waals surface area contributed by atoms with Gasteiger partial charge in [-0.25, -0.2) is 8.42 Å². The van der Waals surface area contributed by atoms with E-state index in [9.17, 15) is 13.2 Å². The van der Waals surface area contributed by atoms with Crippen LogP contribution >= 0.6 is 0 Å². The molecule has 0 unspecified atom stereocenters. The number of fused-ring (bicyclic) bond motifs is 1. The highest BCUT2D eigenvalue weighted by atomic mass is 32.2. The van der Waals surface area contributed by atoms with Gasteiger partial charge in [0.25, 0.3) is 10.0 Å². The van der Waals surface area contributed by atoms with Crippen molar-refractivity contribution in [2.24, 2.45) is 10.7 Å². The van der Waals surface area contributed by atoms with Crippen LogP contribution in [0.1, 0.15) is 55.4 Å². The lowest BCUT2D eigenvalue weighted by atomic mass is 9.88. The van der Waals surface area contributed by atoms with Crippen molar-refractivity contribution in [3.05, 3.63) is 22.3 Å². The number of hydrogen-bond acceptors (Lipinski definition) is 6. The van der Waals surface area contributed by atoms with Crippen molar-refractivity contribution in [3.63, 3.8) is 0 Å². The van der Waals surface area contributed by atoms with E-state index < -0.39 is 22.0 Å². The molecule has 0 aliphatic carbocycles. The standard InChI is InChI=1S/C20H32N4O5S/c1-12-13(2)18(14(3)15-8-9-20(4,5)29-17(12)15)30(27,28)24-23-11-22-10-6-7-16(21)19(25)26/h11,16,24H,6-10,21H2,1-5H3,(H,22,23)(H,25,26)/t16-/m0/s1. The van der Waals surface area contributed by atoms with E-state index in [2.05, 4.69) is 15.2 Å². The van der Waals surface area contributed by atoms with Crippen LogP contribution in [0.25, 0.3) is 0 Å². The monoisotopic (exact) mass is 440 g/mol. The third-order valence-electron chi connectivity index (χ3n) is 5.40. The molecular weight excluding hydrogens is 408 g/mol. The largest absolute Gasteiger partial charge is 0.487 e. The number of carboxylic acids is 1. The van der Waals surface area contributed by atoms with Gasteiger partial charge in [0, 0.05) is 6.54 Å². The molecule has 168 valence electrons. The van der Waals surface area contributed by atoms with Crippen molar-refractivity contribution in [1.82, 2.24) is 10.3 Å². The van der Waals surface area contributed by atoms with Crippen molar-refractivity contribution in [1.29, 1.82) is 0 Å². The minimum Gasteiger partial charge on any atom is -0.487 e. The Hall–Kier alpha value is -2.17. The number of ether oxygens (including phenoxy) is 1. The fourth-order valence-electron chi connectivity index (χ4n) is 3.54. The zero-order chi connectivity index (χ0) is 22.7. The summed E-state index contributed by atoms with van der Waals surface area (Å²) >= 11 is 0. The molecule has 0 bridgehead atoms. The average molecular weight is 441 g/mol. The van der Waals surface area contributed by atoms with Crippen molar-refractivity contribution in [2.45, 2.75) is 76.8 Å². The van der Waals surface area contributed by atoms with Gasteiger partial charge in [-0.1, -0.05) is 0 Å². The van der Waals surface area contributed by atoms with E-state index >= 15 is 0 Å². The van der Waals surface area contributed by atoms with Crippen LogP contribution in [0.5, 0.6) is 5.75 Å². The Morgan fingerprint density at radius 1 is 1.30 bits per heavy atom. The number of nitrogens with two attached hydrogens (primary N) is 1. The van der Waals surface area contributed by atoms with Crippen molar-refractivity contribution >= 4 is 22.3 Å². The van der Waals surface area contributed by atoms with Gasteiger partial charge in [0.1, 0.15) is 17.4 Å². The maximum absolute atomic E-state index is 12.9. The Labute approximate surface area is 178 Å². The highest BCUT2D eigenvalue weighted by molar-refractivity contribution is 7.89. The van der Waals surface area contributed by atoms with E-state index in [1.165, 1.54) is 6.34 Å². The molecule has 0 saturated heterocycles. The maximum atomic E-state index is 12.9. The molecule has 0 fully saturated rings. The number of carboxylic acid groups (broad SMARTS) is 1. The molecule has 1 aromatic rings. The van der Waals surface area contributed by atoms with Crippen LogP contribution in [0.4, 0.5) is 0 Å². The van der Waals surface area contributed by atoms with Crippen molar-refractivity contribution in [2.75, 3.05) is 6.54 Å². The topological polar surface area (TPSA) is 143 Å². The van der Waals surface area contributed by atoms with E-state index in [1.54, 1.807) is 13.8 Å². The second-order valence-electron chi connectivity index (χ2n) is 8.25. The highest BCUT2D eigenvalue weighted by Crippen LogP contribution is 2.41. The lowest BCUT2D eigenvalue weighted by molar-refractivity contribution is -0.138. The van der Waals surface area contributed by atoms with Crippen LogP contribution in [0.2, 0.25) is 0 Å². The second kappa shape index (κ2) is 9.32. The Bertz CT molecular complexity index is 941. The van der Waals surface area contributed by atoms with Gasteiger partial charge in [-0.15, -0.1) is 4.83 Å². The third kappa shape index (κ3) is 5.50. The number of nitrogens with one attached hydrogen (secondary N) is 2. The molecule has 1 aliphatic heterocycles. The Balaban J connectivity index is 2.09. The first-order valence-corrected chi connectivity index (χ1v) is 11.4. The van der Waals surface area contributed by atoms with E-state index in [0.29, 0.717) is 30.5 Å². The molecule has 10 heteroatoms. The number of hydrogen-bond donors (Lipinski definition) is 4. The summed E-state index contributed by atoms with van der Waals surface area (Å²) < 4.78 is 32.0.